The number of hydrogen-bond donors (Lipinski definition) is 1. The van der Waals surface area contributed by atoms with E-state index < -0.39 is 10.0 Å². The molecule has 1 aromatic heterocycles. The van der Waals surface area contributed by atoms with Gasteiger partial charge in [-0.15, -0.1) is 11.3 Å². The number of hydrogen-bond acceptors (Lipinski definition) is 4. The second-order valence-electron chi connectivity index (χ2n) is 5.47. The zero-order valence-corrected chi connectivity index (χ0v) is 13.5. The standard InChI is InChI=1S/C15H18N2O2S2/c1-11-2-4-12(5-3-11)9-17(14-6-7-14)21(18,19)15-8-13(16)10-20-15/h2-5,8,10,14H,6-7,9,16H2,1H3. The zero-order chi connectivity index (χ0) is 15.0. The average Bonchev–Trinajstić information content (AvgIpc) is 3.18. The summed E-state index contributed by atoms with van der Waals surface area (Å²) in [5.74, 6) is 0. The van der Waals surface area contributed by atoms with Crippen LogP contribution in [-0.2, 0) is 16.6 Å². The van der Waals surface area contributed by atoms with Gasteiger partial charge in [-0.05, 0) is 31.4 Å². The Kier molecular flexibility index (Phi) is 3.77. The molecule has 0 atom stereocenters. The van der Waals surface area contributed by atoms with Gasteiger partial charge in [0.25, 0.3) is 10.0 Å². The lowest BCUT2D eigenvalue weighted by molar-refractivity contribution is 0.400. The second-order valence-corrected chi connectivity index (χ2v) is 8.49. The maximum Gasteiger partial charge on any atom is 0.253 e. The highest BCUT2D eigenvalue weighted by molar-refractivity contribution is 7.91. The van der Waals surface area contributed by atoms with E-state index in [1.807, 2.05) is 31.2 Å². The molecule has 6 heteroatoms. The van der Waals surface area contributed by atoms with E-state index in [2.05, 4.69) is 0 Å². The quantitative estimate of drug-likeness (QED) is 0.920. The summed E-state index contributed by atoms with van der Waals surface area (Å²) in [6.07, 6.45) is 1.87. The van der Waals surface area contributed by atoms with Gasteiger partial charge in [-0.25, -0.2) is 8.42 Å². The molecule has 112 valence electrons. The van der Waals surface area contributed by atoms with Gasteiger partial charge in [-0.2, -0.15) is 4.31 Å². The number of rotatable bonds is 5. The van der Waals surface area contributed by atoms with Crippen molar-refractivity contribution in [3.05, 3.63) is 46.8 Å². The largest absolute Gasteiger partial charge is 0.398 e. The number of anilines is 1. The summed E-state index contributed by atoms with van der Waals surface area (Å²) in [5, 5.41) is 1.67. The van der Waals surface area contributed by atoms with Gasteiger partial charge in [0.15, 0.2) is 0 Å². The molecule has 0 saturated heterocycles. The van der Waals surface area contributed by atoms with E-state index in [1.54, 1.807) is 15.8 Å². The molecular weight excluding hydrogens is 304 g/mol. The van der Waals surface area contributed by atoms with Gasteiger partial charge in [0.05, 0.1) is 0 Å². The van der Waals surface area contributed by atoms with Crippen LogP contribution >= 0.6 is 11.3 Å². The Labute approximate surface area is 129 Å². The molecule has 2 N–H and O–H groups in total. The van der Waals surface area contributed by atoms with Gasteiger partial charge in [0.2, 0.25) is 0 Å². The summed E-state index contributed by atoms with van der Waals surface area (Å²) in [5.41, 5.74) is 8.35. The summed E-state index contributed by atoms with van der Waals surface area (Å²) < 4.78 is 27.5. The number of nitrogen functional groups attached to an aromatic ring is 1. The van der Waals surface area contributed by atoms with Crippen LogP contribution in [0.5, 0.6) is 0 Å². The lowest BCUT2D eigenvalue weighted by Crippen LogP contribution is -2.32. The van der Waals surface area contributed by atoms with Crippen LogP contribution in [0.4, 0.5) is 5.69 Å². The molecule has 1 saturated carbocycles. The Morgan fingerprint density at radius 2 is 1.95 bits per heavy atom. The highest BCUT2D eigenvalue weighted by Gasteiger charge is 2.38. The van der Waals surface area contributed by atoms with Gasteiger partial charge >= 0.3 is 0 Å². The molecule has 2 aromatic rings. The van der Waals surface area contributed by atoms with Crippen molar-refractivity contribution in [1.82, 2.24) is 4.31 Å². The Balaban J connectivity index is 1.89. The van der Waals surface area contributed by atoms with Crippen molar-refractivity contribution >= 4 is 27.0 Å². The second kappa shape index (κ2) is 5.44. The van der Waals surface area contributed by atoms with E-state index in [0.29, 0.717) is 16.4 Å². The monoisotopic (exact) mass is 322 g/mol. The van der Waals surface area contributed by atoms with Crippen LogP contribution in [-0.4, -0.2) is 18.8 Å². The number of nitrogens with zero attached hydrogens (tertiary/aromatic N) is 1. The van der Waals surface area contributed by atoms with Crippen molar-refractivity contribution in [3.63, 3.8) is 0 Å². The van der Waals surface area contributed by atoms with Gasteiger partial charge < -0.3 is 5.73 Å². The Morgan fingerprint density at radius 1 is 1.29 bits per heavy atom. The van der Waals surface area contributed by atoms with Gasteiger partial charge in [0.1, 0.15) is 4.21 Å². The highest BCUT2D eigenvalue weighted by atomic mass is 32.2. The highest BCUT2D eigenvalue weighted by Crippen LogP contribution is 2.35. The lowest BCUT2D eigenvalue weighted by Gasteiger charge is -2.21. The lowest BCUT2D eigenvalue weighted by atomic mass is 10.1. The normalized spacial score (nSPS) is 15.5. The molecule has 3 rings (SSSR count). The topological polar surface area (TPSA) is 63.4 Å². The van der Waals surface area contributed by atoms with Crippen molar-refractivity contribution < 1.29 is 8.42 Å². The maximum atomic E-state index is 12.8. The third-order valence-electron chi connectivity index (χ3n) is 3.57. The third-order valence-corrected chi connectivity index (χ3v) is 6.90. The molecule has 4 nitrogen and oxygen atoms in total. The molecule has 1 aliphatic rings. The van der Waals surface area contributed by atoms with Crippen LogP contribution in [0.15, 0.2) is 39.9 Å². The summed E-state index contributed by atoms with van der Waals surface area (Å²) in [6, 6.07) is 9.67. The molecule has 0 unspecified atom stereocenters. The summed E-state index contributed by atoms with van der Waals surface area (Å²) in [7, 11) is -3.45. The number of thiophene rings is 1. The predicted octanol–water partition coefficient (Wildman–Crippen LogP) is 2.99. The van der Waals surface area contributed by atoms with Crippen LogP contribution in [0, 0.1) is 6.92 Å². The van der Waals surface area contributed by atoms with Crippen LogP contribution in [0.2, 0.25) is 0 Å². The zero-order valence-electron chi connectivity index (χ0n) is 11.8. The van der Waals surface area contributed by atoms with E-state index in [-0.39, 0.29) is 6.04 Å². The minimum atomic E-state index is -3.45. The molecule has 21 heavy (non-hydrogen) atoms. The average molecular weight is 322 g/mol. The fourth-order valence-electron chi connectivity index (χ4n) is 2.23. The Hall–Kier alpha value is -1.37. The van der Waals surface area contributed by atoms with Gasteiger partial charge in [0, 0.05) is 23.7 Å². The van der Waals surface area contributed by atoms with Crippen LogP contribution < -0.4 is 5.73 Å². The first-order valence-corrected chi connectivity index (χ1v) is 9.20. The Bertz CT molecular complexity index is 731. The molecule has 0 spiro atoms. The van der Waals surface area contributed by atoms with Crippen molar-refractivity contribution in [1.29, 1.82) is 0 Å². The van der Waals surface area contributed by atoms with Crippen molar-refractivity contribution in [2.24, 2.45) is 0 Å². The van der Waals surface area contributed by atoms with Crippen LogP contribution in [0.25, 0.3) is 0 Å². The molecule has 1 aromatic carbocycles. The van der Waals surface area contributed by atoms with Crippen molar-refractivity contribution in [3.8, 4) is 0 Å². The van der Waals surface area contributed by atoms with E-state index in [4.69, 9.17) is 5.73 Å². The van der Waals surface area contributed by atoms with E-state index in [1.165, 1.54) is 16.9 Å². The first kappa shape index (κ1) is 14.6. The number of benzene rings is 1. The number of sulfonamides is 1. The summed E-state index contributed by atoms with van der Waals surface area (Å²) >= 11 is 1.19. The van der Waals surface area contributed by atoms with Crippen LogP contribution in [0.1, 0.15) is 24.0 Å². The predicted molar refractivity (Wildman–Crippen MR) is 85.7 cm³/mol. The molecular formula is C15H18N2O2S2. The van der Waals surface area contributed by atoms with Gasteiger partial charge in [-0.1, -0.05) is 29.8 Å². The first-order chi connectivity index (χ1) is 9.96. The minimum Gasteiger partial charge on any atom is -0.398 e. The Morgan fingerprint density at radius 3 is 2.48 bits per heavy atom. The SMILES string of the molecule is Cc1ccc(CN(C2CC2)S(=O)(=O)c2cc(N)cs2)cc1. The molecule has 0 aliphatic heterocycles. The van der Waals surface area contributed by atoms with E-state index >= 15 is 0 Å². The molecule has 1 fully saturated rings. The fourth-order valence-corrected chi connectivity index (χ4v) is 5.11. The summed E-state index contributed by atoms with van der Waals surface area (Å²) in [6.45, 7) is 2.44. The van der Waals surface area contributed by atoms with Crippen molar-refractivity contribution in [2.45, 2.75) is 36.6 Å². The van der Waals surface area contributed by atoms with Gasteiger partial charge in [-0.3, -0.25) is 0 Å². The molecule has 0 bridgehead atoms. The van der Waals surface area contributed by atoms with E-state index in [0.717, 1.165) is 18.4 Å². The molecule has 1 aliphatic carbocycles. The number of nitrogens with two attached hydrogens (primary N) is 1. The summed E-state index contributed by atoms with van der Waals surface area (Å²) in [4.78, 5) is 0. The molecule has 0 radical (unpaired) electrons. The maximum absolute atomic E-state index is 12.8. The molecule has 0 amide bonds. The van der Waals surface area contributed by atoms with E-state index in [9.17, 15) is 8.42 Å². The first-order valence-electron chi connectivity index (χ1n) is 6.88. The van der Waals surface area contributed by atoms with Crippen LogP contribution in [0.3, 0.4) is 0 Å². The molecule has 1 heterocycles. The fraction of sp³-hybridized carbons (Fsp3) is 0.333. The minimum absolute atomic E-state index is 0.125. The van der Waals surface area contributed by atoms with Crippen molar-refractivity contribution in [2.75, 3.05) is 5.73 Å². The smallest absolute Gasteiger partial charge is 0.253 e. The third kappa shape index (κ3) is 3.12. The number of aryl methyl sites for hydroxylation is 1.